The Morgan fingerprint density at radius 1 is 1.33 bits per heavy atom. The van der Waals surface area contributed by atoms with Crippen molar-refractivity contribution in [1.82, 2.24) is 0 Å². The van der Waals surface area contributed by atoms with Gasteiger partial charge in [0.25, 0.3) is 0 Å². The van der Waals surface area contributed by atoms with Crippen LogP contribution in [0.2, 0.25) is 0 Å². The van der Waals surface area contributed by atoms with Crippen LogP contribution in [0.15, 0.2) is 11.6 Å². The molecule has 0 aromatic rings. The van der Waals surface area contributed by atoms with Gasteiger partial charge in [-0.1, -0.05) is 24.5 Å². The predicted molar refractivity (Wildman–Crippen MR) is 39.2 cm³/mol. The fourth-order valence-electron chi connectivity index (χ4n) is 2.27. The average Bonchev–Trinajstić information content (AvgIpc) is 1.86. The van der Waals surface area contributed by atoms with E-state index >= 15 is 0 Å². The Labute approximate surface area is 57.0 Å². The minimum atomic E-state index is 0.999. The maximum Gasteiger partial charge on any atom is -0.0143 e. The van der Waals surface area contributed by atoms with E-state index in [9.17, 15) is 0 Å². The van der Waals surface area contributed by atoms with Crippen molar-refractivity contribution in [3.63, 3.8) is 0 Å². The van der Waals surface area contributed by atoms with Crippen LogP contribution in [0.5, 0.6) is 0 Å². The van der Waals surface area contributed by atoms with E-state index in [-0.39, 0.29) is 0 Å². The molecule has 0 aromatic heterocycles. The van der Waals surface area contributed by atoms with Crippen LogP contribution >= 0.6 is 0 Å². The molecule has 0 heterocycles. The van der Waals surface area contributed by atoms with Crippen molar-refractivity contribution in [2.24, 2.45) is 11.8 Å². The lowest BCUT2D eigenvalue weighted by Gasteiger charge is -2.38. The smallest absolute Gasteiger partial charge is 0.0143 e. The Morgan fingerprint density at radius 3 is 2.67 bits per heavy atom. The molecule has 50 valence electrons. The van der Waals surface area contributed by atoms with Crippen LogP contribution in [-0.4, -0.2) is 0 Å². The van der Waals surface area contributed by atoms with Gasteiger partial charge in [0.05, 0.1) is 0 Å². The van der Waals surface area contributed by atoms with Gasteiger partial charge in [-0.2, -0.15) is 0 Å². The zero-order valence-electron chi connectivity index (χ0n) is 6.06. The van der Waals surface area contributed by atoms with E-state index in [1.807, 2.05) is 0 Å². The summed E-state index contributed by atoms with van der Waals surface area (Å²) in [5, 5.41) is 0. The van der Waals surface area contributed by atoms with E-state index in [1.54, 1.807) is 5.57 Å². The van der Waals surface area contributed by atoms with Gasteiger partial charge in [0.1, 0.15) is 0 Å². The lowest BCUT2D eigenvalue weighted by Crippen LogP contribution is -2.26. The minimum Gasteiger partial charge on any atom is -0.0816 e. The van der Waals surface area contributed by atoms with Gasteiger partial charge >= 0.3 is 0 Å². The van der Waals surface area contributed by atoms with Gasteiger partial charge in [-0.25, -0.2) is 0 Å². The van der Waals surface area contributed by atoms with E-state index in [1.165, 1.54) is 25.7 Å². The molecular formula is C9H14. The standard InChI is InChI=1S/C9H14/c1-7-6-8-4-2-3-5-9(7)8/h6,8-9H,2-5H2,1H3. The fraction of sp³-hybridized carbons (Fsp3) is 0.778. The molecular weight excluding hydrogens is 108 g/mol. The molecule has 1 fully saturated rings. The molecule has 0 saturated heterocycles. The maximum atomic E-state index is 2.46. The second kappa shape index (κ2) is 1.86. The molecule has 0 aliphatic heterocycles. The molecule has 2 unspecified atom stereocenters. The van der Waals surface area contributed by atoms with Crippen molar-refractivity contribution >= 4 is 0 Å². The van der Waals surface area contributed by atoms with E-state index in [0.717, 1.165) is 11.8 Å². The SMILES string of the molecule is CC1=CC2CCCCC12. The maximum absolute atomic E-state index is 2.46. The highest BCUT2D eigenvalue weighted by Gasteiger charge is 2.31. The highest BCUT2D eigenvalue weighted by atomic mass is 14.4. The Balaban J connectivity index is 2.08. The number of hydrogen-bond acceptors (Lipinski definition) is 0. The molecule has 1 saturated carbocycles. The lowest BCUT2D eigenvalue weighted by molar-refractivity contribution is 0.283. The number of fused-ring (bicyclic) bond motifs is 1. The van der Waals surface area contributed by atoms with Crippen LogP contribution in [0.25, 0.3) is 0 Å². The van der Waals surface area contributed by atoms with Crippen LogP contribution in [0.1, 0.15) is 32.6 Å². The van der Waals surface area contributed by atoms with Crippen LogP contribution < -0.4 is 0 Å². The largest absolute Gasteiger partial charge is 0.0816 e. The summed E-state index contributed by atoms with van der Waals surface area (Å²) >= 11 is 0. The Hall–Kier alpha value is -0.260. The van der Waals surface area contributed by atoms with Crippen molar-refractivity contribution in [2.45, 2.75) is 32.6 Å². The second-order valence-corrected chi connectivity index (χ2v) is 3.47. The third kappa shape index (κ3) is 0.726. The fourth-order valence-corrected chi connectivity index (χ4v) is 2.27. The minimum absolute atomic E-state index is 0.999. The molecule has 0 N–H and O–H groups in total. The van der Waals surface area contributed by atoms with Crippen LogP contribution in [0.4, 0.5) is 0 Å². The first-order valence-electron chi connectivity index (χ1n) is 4.06. The molecule has 0 bridgehead atoms. The Morgan fingerprint density at radius 2 is 2.11 bits per heavy atom. The van der Waals surface area contributed by atoms with Crippen LogP contribution in [-0.2, 0) is 0 Å². The van der Waals surface area contributed by atoms with E-state index in [2.05, 4.69) is 13.0 Å². The molecule has 0 spiro atoms. The van der Waals surface area contributed by atoms with Gasteiger partial charge in [0, 0.05) is 0 Å². The highest BCUT2D eigenvalue weighted by molar-refractivity contribution is 5.20. The summed E-state index contributed by atoms with van der Waals surface area (Å²) < 4.78 is 0. The first-order chi connectivity index (χ1) is 4.38. The normalized spacial score (nSPS) is 40.8. The van der Waals surface area contributed by atoms with Gasteiger partial charge in [0.2, 0.25) is 0 Å². The third-order valence-corrected chi connectivity index (χ3v) is 2.88. The summed E-state index contributed by atoms with van der Waals surface area (Å²) in [7, 11) is 0. The van der Waals surface area contributed by atoms with Gasteiger partial charge < -0.3 is 0 Å². The quantitative estimate of drug-likeness (QED) is 0.433. The van der Waals surface area contributed by atoms with E-state index in [0.29, 0.717) is 0 Å². The van der Waals surface area contributed by atoms with Gasteiger partial charge in [0.15, 0.2) is 0 Å². The Kier molecular flexibility index (Phi) is 1.14. The zero-order chi connectivity index (χ0) is 6.27. The van der Waals surface area contributed by atoms with E-state index < -0.39 is 0 Å². The van der Waals surface area contributed by atoms with Crippen molar-refractivity contribution < 1.29 is 0 Å². The molecule has 0 heteroatoms. The van der Waals surface area contributed by atoms with Crippen LogP contribution in [0, 0.1) is 11.8 Å². The number of allylic oxidation sites excluding steroid dienone is 2. The molecule has 0 radical (unpaired) electrons. The molecule has 0 aromatic carbocycles. The average molecular weight is 122 g/mol. The van der Waals surface area contributed by atoms with Gasteiger partial charge in [-0.15, -0.1) is 0 Å². The van der Waals surface area contributed by atoms with Gasteiger partial charge in [-0.3, -0.25) is 0 Å². The predicted octanol–water partition coefficient (Wildman–Crippen LogP) is 2.75. The molecule has 2 aliphatic rings. The van der Waals surface area contributed by atoms with Crippen molar-refractivity contribution in [3.05, 3.63) is 11.6 Å². The van der Waals surface area contributed by atoms with Crippen molar-refractivity contribution in [3.8, 4) is 0 Å². The molecule has 0 nitrogen and oxygen atoms in total. The third-order valence-electron chi connectivity index (χ3n) is 2.88. The topological polar surface area (TPSA) is 0 Å². The number of hydrogen-bond donors (Lipinski definition) is 0. The monoisotopic (exact) mass is 122 g/mol. The lowest BCUT2D eigenvalue weighted by atomic mass is 9.67. The second-order valence-electron chi connectivity index (χ2n) is 3.47. The van der Waals surface area contributed by atoms with Crippen LogP contribution in [0.3, 0.4) is 0 Å². The first kappa shape index (κ1) is 5.52. The van der Waals surface area contributed by atoms with Crippen molar-refractivity contribution in [1.29, 1.82) is 0 Å². The highest BCUT2D eigenvalue weighted by Crippen LogP contribution is 2.43. The Bertz CT molecular complexity index is 144. The first-order valence-corrected chi connectivity index (χ1v) is 4.06. The molecule has 2 rings (SSSR count). The summed E-state index contributed by atoms with van der Waals surface area (Å²) in [4.78, 5) is 0. The summed E-state index contributed by atoms with van der Waals surface area (Å²) in [6.45, 7) is 2.28. The molecule has 0 amide bonds. The summed E-state index contributed by atoms with van der Waals surface area (Å²) in [5.74, 6) is 2.01. The van der Waals surface area contributed by atoms with E-state index in [4.69, 9.17) is 0 Å². The summed E-state index contributed by atoms with van der Waals surface area (Å²) in [6.07, 6.45) is 8.37. The molecule has 9 heavy (non-hydrogen) atoms. The van der Waals surface area contributed by atoms with Crippen molar-refractivity contribution in [2.75, 3.05) is 0 Å². The summed E-state index contributed by atoms with van der Waals surface area (Å²) in [6, 6.07) is 0. The summed E-state index contributed by atoms with van der Waals surface area (Å²) in [5.41, 5.74) is 1.67. The molecule has 2 aliphatic carbocycles. The molecule has 2 atom stereocenters. The zero-order valence-corrected chi connectivity index (χ0v) is 6.06. The number of rotatable bonds is 0. The van der Waals surface area contributed by atoms with Gasteiger partial charge in [-0.05, 0) is 31.6 Å².